The molecule has 0 saturated carbocycles. The van der Waals surface area contributed by atoms with Crippen LogP contribution < -0.4 is 14.8 Å². The number of carbonyl (C=O) groups is 1. The van der Waals surface area contributed by atoms with Crippen LogP contribution in [0.1, 0.15) is 42.4 Å². The van der Waals surface area contributed by atoms with Crippen LogP contribution in [0.2, 0.25) is 0 Å². The quantitative estimate of drug-likeness (QED) is 0.490. The van der Waals surface area contributed by atoms with Crippen molar-refractivity contribution in [3.63, 3.8) is 0 Å². The maximum Gasteiger partial charge on any atom is 0.221 e. The second kappa shape index (κ2) is 10.5. The highest BCUT2D eigenvalue weighted by Gasteiger charge is 2.15. The number of aryl methyl sites for hydroxylation is 1. The maximum atomic E-state index is 11.2. The Morgan fingerprint density at radius 1 is 0.800 bits per heavy atom. The van der Waals surface area contributed by atoms with Crippen molar-refractivity contribution in [2.24, 2.45) is 0 Å². The molecule has 30 heavy (non-hydrogen) atoms. The Balaban J connectivity index is 1.70. The van der Waals surface area contributed by atoms with E-state index in [4.69, 9.17) is 9.47 Å². The Morgan fingerprint density at radius 3 is 1.73 bits per heavy atom. The lowest BCUT2D eigenvalue weighted by molar-refractivity contribution is -0.114. The van der Waals surface area contributed by atoms with E-state index in [1.165, 1.54) is 23.6 Å². The molecule has 0 atom stereocenters. The molecule has 0 spiro atoms. The molecule has 0 aliphatic rings. The number of methoxy groups -OCH3 is 2. The van der Waals surface area contributed by atoms with Gasteiger partial charge in [0, 0.05) is 18.5 Å². The summed E-state index contributed by atoms with van der Waals surface area (Å²) in [7, 11) is 3.38. The number of nitrogens with one attached hydrogen (secondary N) is 1. The molecule has 4 heteroatoms. The predicted molar refractivity (Wildman–Crippen MR) is 122 cm³/mol. The first-order chi connectivity index (χ1) is 14.6. The second-order valence-electron chi connectivity index (χ2n) is 7.37. The van der Waals surface area contributed by atoms with Crippen LogP contribution in [0, 0.1) is 0 Å². The van der Waals surface area contributed by atoms with Crippen LogP contribution in [0.5, 0.6) is 11.5 Å². The number of ether oxygens (including phenoxy) is 2. The molecule has 1 amide bonds. The van der Waals surface area contributed by atoms with E-state index in [1.54, 1.807) is 14.2 Å². The molecule has 1 N–H and O–H groups in total. The molecular weight excluding hydrogens is 374 g/mol. The van der Waals surface area contributed by atoms with Gasteiger partial charge < -0.3 is 14.8 Å². The number of rotatable bonds is 9. The minimum atomic E-state index is -0.0513. The molecule has 4 nitrogen and oxygen atoms in total. The first-order valence-electron chi connectivity index (χ1n) is 10.2. The standard InChI is InChI=1S/C26H29NO3/c1-19(28)27-23-13-7-20(8-14-23)5-4-6-26(21-9-15-24(29-2)16-10-21)22-11-17-25(30-3)18-12-22/h7-18,26H,4-6H2,1-3H3,(H,27,28). The normalized spacial score (nSPS) is 10.7. The average Bonchev–Trinajstić information content (AvgIpc) is 2.78. The van der Waals surface area contributed by atoms with Gasteiger partial charge in [0.25, 0.3) is 0 Å². The van der Waals surface area contributed by atoms with Crippen LogP contribution in [0.15, 0.2) is 72.8 Å². The highest BCUT2D eigenvalue weighted by atomic mass is 16.5. The van der Waals surface area contributed by atoms with Crippen LogP contribution in [-0.4, -0.2) is 20.1 Å². The van der Waals surface area contributed by atoms with Crippen LogP contribution in [0.3, 0.4) is 0 Å². The number of hydrogen-bond acceptors (Lipinski definition) is 3. The Hall–Kier alpha value is -3.27. The molecule has 0 unspecified atom stereocenters. The van der Waals surface area contributed by atoms with Gasteiger partial charge in [-0.1, -0.05) is 36.4 Å². The highest BCUT2D eigenvalue weighted by Crippen LogP contribution is 2.32. The zero-order chi connectivity index (χ0) is 21.3. The van der Waals surface area contributed by atoms with Crippen LogP contribution in [0.25, 0.3) is 0 Å². The SMILES string of the molecule is COc1ccc(C(CCCc2ccc(NC(C)=O)cc2)c2ccc(OC)cc2)cc1. The smallest absolute Gasteiger partial charge is 0.221 e. The third kappa shape index (κ3) is 5.86. The summed E-state index contributed by atoms with van der Waals surface area (Å²) >= 11 is 0. The molecule has 0 aliphatic carbocycles. The minimum absolute atomic E-state index is 0.0513. The largest absolute Gasteiger partial charge is 0.497 e. The molecule has 156 valence electrons. The second-order valence-corrected chi connectivity index (χ2v) is 7.37. The van der Waals surface area contributed by atoms with E-state index < -0.39 is 0 Å². The number of carbonyl (C=O) groups excluding carboxylic acids is 1. The summed E-state index contributed by atoms with van der Waals surface area (Å²) in [5.74, 6) is 1.99. The van der Waals surface area contributed by atoms with Crippen molar-refractivity contribution in [2.75, 3.05) is 19.5 Å². The summed E-state index contributed by atoms with van der Waals surface area (Å²) in [4.78, 5) is 11.2. The summed E-state index contributed by atoms with van der Waals surface area (Å²) in [6.07, 6.45) is 3.08. The van der Waals surface area contributed by atoms with E-state index in [0.29, 0.717) is 5.92 Å². The summed E-state index contributed by atoms with van der Waals surface area (Å²) in [5.41, 5.74) is 4.66. The van der Waals surface area contributed by atoms with Crippen molar-refractivity contribution >= 4 is 11.6 Å². The molecule has 0 radical (unpaired) electrons. The van der Waals surface area contributed by atoms with Crippen molar-refractivity contribution in [3.8, 4) is 11.5 Å². The van der Waals surface area contributed by atoms with Gasteiger partial charge in [-0.25, -0.2) is 0 Å². The predicted octanol–water partition coefficient (Wildman–Crippen LogP) is 5.82. The number of anilines is 1. The molecular formula is C26H29NO3. The van der Waals surface area contributed by atoms with Gasteiger partial charge >= 0.3 is 0 Å². The monoisotopic (exact) mass is 403 g/mol. The van der Waals surface area contributed by atoms with Crippen molar-refractivity contribution in [1.29, 1.82) is 0 Å². The Kier molecular flexibility index (Phi) is 7.50. The molecule has 0 heterocycles. The van der Waals surface area contributed by atoms with Crippen LogP contribution >= 0.6 is 0 Å². The number of amides is 1. The number of benzene rings is 3. The Labute approximate surface area is 178 Å². The fourth-order valence-electron chi connectivity index (χ4n) is 3.67. The van der Waals surface area contributed by atoms with Crippen molar-refractivity contribution < 1.29 is 14.3 Å². The summed E-state index contributed by atoms with van der Waals surface area (Å²) in [6, 6.07) is 24.8. The Bertz CT molecular complexity index is 884. The van der Waals surface area contributed by atoms with Crippen molar-refractivity contribution in [2.45, 2.75) is 32.1 Å². The minimum Gasteiger partial charge on any atom is -0.497 e. The van der Waals surface area contributed by atoms with Gasteiger partial charge in [-0.15, -0.1) is 0 Å². The topological polar surface area (TPSA) is 47.6 Å². The molecule has 0 aromatic heterocycles. The molecule has 3 aromatic carbocycles. The van der Waals surface area contributed by atoms with E-state index in [-0.39, 0.29) is 5.91 Å². The highest BCUT2D eigenvalue weighted by molar-refractivity contribution is 5.88. The molecule has 0 saturated heterocycles. The van der Waals surface area contributed by atoms with E-state index in [0.717, 1.165) is 36.4 Å². The van der Waals surface area contributed by atoms with Gasteiger partial charge in [0.15, 0.2) is 0 Å². The molecule has 3 rings (SSSR count). The zero-order valence-corrected chi connectivity index (χ0v) is 17.9. The van der Waals surface area contributed by atoms with Crippen molar-refractivity contribution in [3.05, 3.63) is 89.5 Å². The molecule has 3 aromatic rings. The fraction of sp³-hybridized carbons (Fsp3) is 0.269. The average molecular weight is 404 g/mol. The van der Waals surface area contributed by atoms with Crippen LogP contribution in [0.4, 0.5) is 5.69 Å². The molecule has 0 bridgehead atoms. The van der Waals surface area contributed by atoms with E-state index in [2.05, 4.69) is 41.7 Å². The summed E-state index contributed by atoms with van der Waals surface area (Å²) < 4.78 is 10.6. The van der Waals surface area contributed by atoms with Gasteiger partial charge in [0.2, 0.25) is 5.91 Å². The summed E-state index contributed by atoms with van der Waals surface area (Å²) in [5, 5.41) is 2.81. The first kappa shape index (κ1) is 21.4. The number of hydrogen-bond donors (Lipinski definition) is 1. The van der Waals surface area contributed by atoms with E-state index in [1.807, 2.05) is 36.4 Å². The summed E-state index contributed by atoms with van der Waals surface area (Å²) in [6.45, 7) is 1.52. The Morgan fingerprint density at radius 2 is 1.30 bits per heavy atom. The van der Waals surface area contributed by atoms with Gasteiger partial charge in [0.05, 0.1) is 14.2 Å². The molecule has 0 aliphatic heterocycles. The third-order valence-electron chi connectivity index (χ3n) is 5.27. The van der Waals surface area contributed by atoms with Gasteiger partial charge in [-0.3, -0.25) is 4.79 Å². The fourth-order valence-corrected chi connectivity index (χ4v) is 3.67. The van der Waals surface area contributed by atoms with Gasteiger partial charge in [-0.05, 0) is 72.4 Å². The lowest BCUT2D eigenvalue weighted by Crippen LogP contribution is -2.05. The first-order valence-corrected chi connectivity index (χ1v) is 10.2. The lowest BCUT2D eigenvalue weighted by Gasteiger charge is -2.19. The molecule has 0 fully saturated rings. The zero-order valence-electron chi connectivity index (χ0n) is 17.9. The van der Waals surface area contributed by atoms with Crippen LogP contribution in [-0.2, 0) is 11.2 Å². The van der Waals surface area contributed by atoms with E-state index >= 15 is 0 Å². The van der Waals surface area contributed by atoms with Gasteiger partial charge in [0.1, 0.15) is 11.5 Å². The van der Waals surface area contributed by atoms with Crippen molar-refractivity contribution in [1.82, 2.24) is 0 Å². The van der Waals surface area contributed by atoms with E-state index in [9.17, 15) is 4.79 Å². The third-order valence-corrected chi connectivity index (χ3v) is 5.27. The van der Waals surface area contributed by atoms with Gasteiger partial charge in [-0.2, -0.15) is 0 Å². The maximum absolute atomic E-state index is 11.2. The lowest BCUT2D eigenvalue weighted by atomic mass is 9.86.